The highest BCUT2D eigenvalue weighted by atomic mass is 16.5. The number of hydrogen-bond donors (Lipinski definition) is 1. The van der Waals surface area contributed by atoms with Crippen LogP contribution in [0, 0.1) is 11.3 Å². The summed E-state index contributed by atoms with van der Waals surface area (Å²) in [6, 6.07) is 10.6. The van der Waals surface area contributed by atoms with E-state index in [9.17, 15) is 0 Å². The fraction of sp³-hybridized carbons (Fsp3) is 0.250. The minimum Gasteiger partial charge on any atom is -0.493 e. The first-order chi connectivity index (χ1) is 10.2. The zero-order valence-corrected chi connectivity index (χ0v) is 12.0. The van der Waals surface area contributed by atoms with Crippen LogP contribution in [0.5, 0.6) is 11.5 Å². The van der Waals surface area contributed by atoms with Crippen LogP contribution in [0.4, 0.5) is 0 Å². The van der Waals surface area contributed by atoms with E-state index in [0.717, 1.165) is 5.56 Å². The van der Waals surface area contributed by atoms with Crippen molar-refractivity contribution in [3.8, 4) is 17.6 Å². The molecule has 1 aromatic heterocycles. The van der Waals surface area contributed by atoms with Gasteiger partial charge in [0.05, 0.1) is 18.7 Å². The lowest BCUT2D eigenvalue weighted by atomic mass is 10.1. The summed E-state index contributed by atoms with van der Waals surface area (Å²) < 4.78 is 11.3. The Labute approximate surface area is 123 Å². The third kappa shape index (κ3) is 3.50. The van der Waals surface area contributed by atoms with Crippen molar-refractivity contribution >= 4 is 0 Å². The SMILES string of the molecule is COc1cc(C#N)ccc1OC(c1ccncc1)C(C)N. The molecule has 0 spiro atoms. The smallest absolute Gasteiger partial charge is 0.162 e. The Kier molecular flexibility index (Phi) is 4.75. The van der Waals surface area contributed by atoms with Gasteiger partial charge in [-0.2, -0.15) is 5.26 Å². The van der Waals surface area contributed by atoms with Crippen LogP contribution < -0.4 is 15.2 Å². The number of pyridine rings is 1. The van der Waals surface area contributed by atoms with Gasteiger partial charge in [-0.3, -0.25) is 4.98 Å². The fourth-order valence-corrected chi connectivity index (χ4v) is 2.00. The maximum absolute atomic E-state index is 8.92. The summed E-state index contributed by atoms with van der Waals surface area (Å²) in [5.41, 5.74) is 7.48. The minimum atomic E-state index is -0.324. The molecule has 2 N–H and O–H groups in total. The maximum atomic E-state index is 8.92. The van der Waals surface area contributed by atoms with E-state index in [2.05, 4.69) is 11.1 Å². The Morgan fingerprint density at radius 3 is 2.48 bits per heavy atom. The van der Waals surface area contributed by atoms with Gasteiger partial charge in [-0.25, -0.2) is 0 Å². The normalized spacial score (nSPS) is 13.0. The largest absolute Gasteiger partial charge is 0.493 e. The number of aromatic nitrogens is 1. The molecule has 5 nitrogen and oxygen atoms in total. The van der Waals surface area contributed by atoms with Crippen LogP contribution >= 0.6 is 0 Å². The van der Waals surface area contributed by atoms with Gasteiger partial charge in [0.2, 0.25) is 0 Å². The first-order valence-corrected chi connectivity index (χ1v) is 6.56. The third-order valence-electron chi connectivity index (χ3n) is 3.06. The lowest BCUT2D eigenvalue weighted by Crippen LogP contribution is -2.29. The molecule has 0 bridgehead atoms. The monoisotopic (exact) mass is 283 g/mol. The molecule has 0 saturated heterocycles. The number of ether oxygens (including phenoxy) is 2. The highest BCUT2D eigenvalue weighted by Crippen LogP contribution is 2.32. The Hall–Kier alpha value is -2.58. The van der Waals surface area contributed by atoms with E-state index in [1.807, 2.05) is 19.1 Å². The van der Waals surface area contributed by atoms with E-state index in [0.29, 0.717) is 17.1 Å². The fourth-order valence-electron chi connectivity index (χ4n) is 2.00. The first kappa shape index (κ1) is 14.8. The van der Waals surface area contributed by atoms with Gasteiger partial charge in [0, 0.05) is 24.5 Å². The van der Waals surface area contributed by atoms with E-state index in [1.54, 1.807) is 30.6 Å². The van der Waals surface area contributed by atoms with Gasteiger partial charge in [0.15, 0.2) is 11.5 Å². The maximum Gasteiger partial charge on any atom is 0.162 e. The number of hydrogen-bond acceptors (Lipinski definition) is 5. The summed E-state index contributed by atoms with van der Waals surface area (Å²) in [7, 11) is 1.54. The summed E-state index contributed by atoms with van der Waals surface area (Å²) >= 11 is 0. The lowest BCUT2D eigenvalue weighted by molar-refractivity contribution is 0.173. The van der Waals surface area contributed by atoms with E-state index in [-0.39, 0.29) is 12.1 Å². The molecule has 0 fully saturated rings. The summed E-state index contributed by atoms with van der Waals surface area (Å²) in [4.78, 5) is 3.99. The van der Waals surface area contributed by atoms with Crippen LogP contribution in [-0.4, -0.2) is 18.1 Å². The molecule has 2 unspecified atom stereocenters. The van der Waals surface area contributed by atoms with Gasteiger partial charge in [-0.05, 0) is 36.8 Å². The summed E-state index contributed by atoms with van der Waals surface area (Å²) in [6.07, 6.45) is 3.07. The van der Waals surface area contributed by atoms with E-state index < -0.39 is 0 Å². The topological polar surface area (TPSA) is 81.2 Å². The molecule has 2 rings (SSSR count). The molecular weight excluding hydrogens is 266 g/mol. The number of nitrogens with zero attached hydrogens (tertiary/aromatic N) is 2. The number of nitriles is 1. The Morgan fingerprint density at radius 1 is 1.19 bits per heavy atom. The minimum absolute atomic E-state index is 0.215. The van der Waals surface area contributed by atoms with E-state index >= 15 is 0 Å². The van der Waals surface area contributed by atoms with E-state index in [4.69, 9.17) is 20.5 Å². The van der Waals surface area contributed by atoms with Crippen LogP contribution in [0.1, 0.15) is 24.2 Å². The molecule has 0 aliphatic heterocycles. The zero-order valence-electron chi connectivity index (χ0n) is 12.0. The summed E-state index contributed by atoms with van der Waals surface area (Å²) in [6.45, 7) is 1.88. The Bertz CT molecular complexity index is 636. The van der Waals surface area contributed by atoms with Gasteiger partial charge in [-0.1, -0.05) is 0 Å². The Balaban J connectivity index is 2.32. The molecule has 1 heterocycles. The number of benzene rings is 1. The molecule has 2 aromatic rings. The molecule has 5 heteroatoms. The molecule has 0 amide bonds. The second-order valence-corrected chi connectivity index (χ2v) is 4.66. The number of nitrogens with two attached hydrogens (primary N) is 1. The highest BCUT2D eigenvalue weighted by molar-refractivity contribution is 5.47. The lowest BCUT2D eigenvalue weighted by Gasteiger charge is -2.23. The van der Waals surface area contributed by atoms with Gasteiger partial charge in [0.1, 0.15) is 6.10 Å². The second kappa shape index (κ2) is 6.73. The van der Waals surface area contributed by atoms with Gasteiger partial charge in [0.25, 0.3) is 0 Å². The average Bonchev–Trinajstić information content (AvgIpc) is 2.53. The van der Waals surface area contributed by atoms with Crippen molar-refractivity contribution in [3.05, 3.63) is 53.9 Å². The molecule has 1 aromatic carbocycles. The molecule has 0 saturated carbocycles. The quantitative estimate of drug-likeness (QED) is 0.911. The van der Waals surface area contributed by atoms with Crippen molar-refractivity contribution in [3.63, 3.8) is 0 Å². The predicted molar refractivity (Wildman–Crippen MR) is 79.0 cm³/mol. The average molecular weight is 283 g/mol. The third-order valence-corrected chi connectivity index (χ3v) is 3.06. The second-order valence-electron chi connectivity index (χ2n) is 4.66. The van der Waals surface area contributed by atoms with Crippen molar-refractivity contribution in [1.82, 2.24) is 4.98 Å². The van der Waals surface area contributed by atoms with Crippen LogP contribution in [-0.2, 0) is 0 Å². The Morgan fingerprint density at radius 2 is 1.90 bits per heavy atom. The van der Waals surface area contributed by atoms with Crippen molar-refractivity contribution in [2.24, 2.45) is 5.73 Å². The first-order valence-electron chi connectivity index (χ1n) is 6.56. The number of rotatable bonds is 5. The van der Waals surface area contributed by atoms with Crippen LogP contribution in [0.15, 0.2) is 42.7 Å². The molecule has 21 heavy (non-hydrogen) atoms. The van der Waals surface area contributed by atoms with Crippen LogP contribution in [0.2, 0.25) is 0 Å². The standard InChI is InChI=1S/C16H17N3O2/c1-11(18)16(13-5-7-19-8-6-13)21-14-4-3-12(10-17)9-15(14)20-2/h3-9,11,16H,18H2,1-2H3. The summed E-state index contributed by atoms with van der Waals surface area (Å²) in [5, 5.41) is 8.92. The van der Waals surface area contributed by atoms with Gasteiger partial charge >= 0.3 is 0 Å². The van der Waals surface area contributed by atoms with E-state index in [1.165, 1.54) is 7.11 Å². The highest BCUT2D eigenvalue weighted by Gasteiger charge is 2.20. The predicted octanol–water partition coefficient (Wildman–Crippen LogP) is 2.43. The molecule has 2 atom stereocenters. The molecular formula is C16H17N3O2. The van der Waals surface area contributed by atoms with Gasteiger partial charge in [-0.15, -0.1) is 0 Å². The van der Waals surface area contributed by atoms with Crippen molar-refractivity contribution in [2.75, 3.05) is 7.11 Å². The number of methoxy groups -OCH3 is 1. The molecule has 0 radical (unpaired) electrons. The summed E-state index contributed by atoms with van der Waals surface area (Å²) in [5.74, 6) is 1.06. The molecule has 0 aliphatic carbocycles. The van der Waals surface area contributed by atoms with Crippen molar-refractivity contribution < 1.29 is 9.47 Å². The molecule has 0 aliphatic rings. The van der Waals surface area contributed by atoms with Crippen molar-refractivity contribution in [1.29, 1.82) is 5.26 Å². The van der Waals surface area contributed by atoms with Crippen LogP contribution in [0.3, 0.4) is 0 Å². The van der Waals surface area contributed by atoms with Crippen LogP contribution in [0.25, 0.3) is 0 Å². The zero-order chi connectivity index (χ0) is 15.2. The molecule has 108 valence electrons. The van der Waals surface area contributed by atoms with Gasteiger partial charge < -0.3 is 15.2 Å². The van der Waals surface area contributed by atoms with Crippen molar-refractivity contribution in [2.45, 2.75) is 19.1 Å².